The molecule has 6 nitrogen and oxygen atoms in total. The van der Waals surface area contributed by atoms with E-state index in [1.807, 2.05) is 0 Å². The van der Waals surface area contributed by atoms with E-state index in [1.54, 1.807) is 31.2 Å². The van der Waals surface area contributed by atoms with Crippen molar-refractivity contribution in [2.24, 2.45) is 0 Å². The smallest absolute Gasteiger partial charge is 0.269 e. The molecule has 0 saturated carbocycles. The van der Waals surface area contributed by atoms with Crippen LogP contribution in [0.5, 0.6) is 0 Å². The molecule has 1 amide bonds. The van der Waals surface area contributed by atoms with Gasteiger partial charge in [0.25, 0.3) is 11.6 Å². The second-order valence-electron chi connectivity index (χ2n) is 4.30. The molecule has 20 heavy (non-hydrogen) atoms. The first kappa shape index (κ1) is 13.5. The standard InChI is InChI=1S/C14H13N3O3/c1-9-8-10(17(19)20)6-7-13(9)16-14(18)11-4-2-3-5-12(11)15/h2-8H,15H2,1H3,(H,16,18). The molecule has 6 heteroatoms. The van der Waals surface area contributed by atoms with Crippen LogP contribution >= 0.6 is 0 Å². The van der Waals surface area contributed by atoms with Crippen LogP contribution < -0.4 is 11.1 Å². The Hall–Kier alpha value is -2.89. The number of hydrogen-bond acceptors (Lipinski definition) is 4. The summed E-state index contributed by atoms with van der Waals surface area (Å²) in [5.74, 6) is -0.347. The lowest BCUT2D eigenvalue weighted by atomic mass is 10.1. The van der Waals surface area contributed by atoms with Gasteiger partial charge < -0.3 is 11.1 Å². The van der Waals surface area contributed by atoms with E-state index < -0.39 is 4.92 Å². The van der Waals surface area contributed by atoms with E-state index in [0.717, 1.165) is 0 Å². The number of nitrogen functional groups attached to an aromatic ring is 1. The highest BCUT2D eigenvalue weighted by atomic mass is 16.6. The lowest BCUT2D eigenvalue weighted by Gasteiger charge is -2.09. The number of nitro benzene ring substituents is 1. The Morgan fingerprint density at radius 1 is 1.25 bits per heavy atom. The molecule has 0 radical (unpaired) electrons. The number of nitro groups is 1. The number of hydrogen-bond donors (Lipinski definition) is 2. The first-order valence-electron chi connectivity index (χ1n) is 5.90. The maximum Gasteiger partial charge on any atom is 0.269 e. The highest BCUT2D eigenvalue weighted by Gasteiger charge is 2.12. The molecule has 0 atom stereocenters. The number of aryl methyl sites for hydroxylation is 1. The van der Waals surface area contributed by atoms with Crippen molar-refractivity contribution in [1.82, 2.24) is 0 Å². The monoisotopic (exact) mass is 271 g/mol. The van der Waals surface area contributed by atoms with Crippen molar-refractivity contribution >= 4 is 23.0 Å². The molecule has 0 unspecified atom stereocenters. The van der Waals surface area contributed by atoms with Crippen LogP contribution in [-0.4, -0.2) is 10.8 Å². The van der Waals surface area contributed by atoms with Gasteiger partial charge in [0.2, 0.25) is 0 Å². The molecule has 0 aliphatic heterocycles. The molecule has 2 aromatic rings. The Bertz CT molecular complexity index is 683. The zero-order valence-corrected chi connectivity index (χ0v) is 10.8. The van der Waals surface area contributed by atoms with Gasteiger partial charge in [-0.25, -0.2) is 0 Å². The minimum absolute atomic E-state index is 0.0141. The van der Waals surface area contributed by atoms with Crippen LogP contribution in [0.25, 0.3) is 0 Å². The largest absolute Gasteiger partial charge is 0.398 e. The summed E-state index contributed by atoms with van der Waals surface area (Å²) >= 11 is 0. The number of nitrogens with one attached hydrogen (secondary N) is 1. The number of carbonyl (C=O) groups excluding carboxylic acids is 1. The first-order valence-corrected chi connectivity index (χ1v) is 5.90. The van der Waals surface area contributed by atoms with Crippen LogP contribution in [-0.2, 0) is 0 Å². The van der Waals surface area contributed by atoms with Gasteiger partial charge in [-0.1, -0.05) is 12.1 Å². The number of para-hydroxylation sites is 1. The number of amides is 1. The summed E-state index contributed by atoms with van der Waals surface area (Å²) in [6.45, 7) is 1.69. The van der Waals surface area contributed by atoms with E-state index in [4.69, 9.17) is 5.73 Å². The Balaban J connectivity index is 2.25. The fourth-order valence-corrected chi connectivity index (χ4v) is 1.80. The van der Waals surface area contributed by atoms with Crippen LogP contribution in [0.1, 0.15) is 15.9 Å². The summed E-state index contributed by atoms with van der Waals surface area (Å²) in [6.07, 6.45) is 0. The van der Waals surface area contributed by atoms with Crippen LogP contribution in [0.4, 0.5) is 17.1 Å². The topological polar surface area (TPSA) is 98.3 Å². The minimum Gasteiger partial charge on any atom is -0.398 e. The average Bonchev–Trinajstić information content (AvgIpc) is 2.41. The molecule has 0 spiro atoms. The molecule has 0 heterocycles. The molecule has 0 fully saturated rings. The lowest BCUT2D eigenvalue weighted by molar-refractivity contribution is -0.384. The van der Waals surface area contributed by atoms with E-state index in [0.29, 0.717) is 22.5 Å². The first-order chi connectivity index (χ1) is 9.49. The number of nitrogens with two attached hydrogens (primary N) is 1. The molecule has 2 aromatic carbocycles. The van der Waals surface area contributed by atoms with Crippen LogP contribution in [0.15, 0.2) is 42.5 Å². The molecular weight excluding hydrogens is 258 g/mol. The predicted molar refractivity (Wildman–Crippen MR) is 76.6 cm³/mol. The fourth-order valence-electron chi connectivity index (χ4n) is 1.80. The van der Waals surface area contributed by atoms with Crippen LogP contribution in [0, 0.1) is 17.0 Å². The summed E-state index contributed by atoms with van der Waals surface area (Å²) in [5, 5.41) is 13.3. The highest BCUT2D eigenvalue weighted by Crippen LogP contribution is 2.22. The van der Waals surface area contributed by atoms with Crippen LogP contribution in [0.3, 0.4) is 0 Å². The maximum atomic E-state index is 12.1. The summed E-state index contributed by atoms with van der Waals surface area (Å²) in [7, 11) is 0. The van der Waals surface area contributed by atoms with E-state index in [9.17, 15) is 14.9 Å². The SMILES string of the molecule is Cc1cc([N+](=O)[O-])ccc1NC(=O)c1ccccc1N. The van der Waals surface area contributed by atoms with Gasteiger partial charge in [-0.2, -0.15) is 0 Å². The second-order valence-corrected chi connectivity index (χ2v) is 4.30. The van der Waals surface area contributed by atoms with Crippen LogP contribution in [0.2, 0.25) is 0 Å². The number of carbonyl (C=O) groups is 1. The van der Waals surface area contributed by atoms with Crippen molar-refractivity contribution in [1.29, 1.82) is 0 Å². The Kier molecular flexibility index (Phi) is 3.65. The van der Waals surface area contributed by atoms with Gasteiger partial charge in [0.15, 0.2) is 0 Å². The summed E-state index contributed by atoms with van der Waals surface area (Å²) in [5.41, 5.74) is 7.59. The zero-order valence-electron chi connectivity index (χ0n) is 10.8. The number of anilines is 2. The Labute approximate surface area is 115 Å². The molecule has 0 aliphatic carbocycles. The van der Waals surface area contributed by atoms with Gasteiger partial charge in [0, 0.05) is 23.5 Å². The Morgan fingerprint density at radius 2 is 1.95 bits per heavy atom. The van der Waals surface area contributed by atoms with E-state index in [1.165, 1.54) is 18.2 Å². The molecule has 102 valence electrons. The van der Waals surface area contributed by atoms with Gasteiger partial charge >= 0.3 is 0 Å². The lowest BCUT2D eigenvalue weighted by Crippen LogP contribution is -2.14. The molecule has 0 saturated heterocycles. The molecule has 0 aliphatic rings. The van der Waals surface area contributed by atoms with Gasteiger partial charge in [-0.05, 0) is 30.7 Å². The maximum absolute atomic E-state index is 12.1. The zero-order chi connectivity index (χ0) is 14.7. The Morgan fingerprint density at radius 3 is 2.55 bits per heavy atom. The third-order valence-corrected chi connectivity index (χ3v) is 2.87. The number of non-ortho nitro benzene ring substituents is 1. The molecule has 3 N–H and O–H groups in total. The van der Waals surface area contributed by atoms with Crippen molar-refractivity contribution < 1.29 is 9.72 Å². The van der Waals surface area contributed by atoms with Crippen molar-refractivity contribution in [3.8, 4) is 0 Å². The van der Waals surface area contributed by atoms with Gasteiger partial charge in [0.05, 0.1) is 10.5 Å². The highest BCUT2D eigenvalue weighted by molar-refractivity contribution is 6.08. The van der Waals surface area contributed by atoms with Gasteiger partial charge in [-0.15, -0.1) is 0 Å². The molecule has 0 bridgehead atoms. The van der Waals surface area contributed by atoms with E-state index in [2.05, 4.69) is 5.32 Å². The van der Waals surface area contributed by atoms with E-state index in [-0.39, 0.29) is 11.6 Å². The summed E-state index contributed by atoms with van der Waals surface area (Å²) in [6, 6.07) is 11.0. The number of benzene rings is 2. The van der Waals surface area contributed by atoms with Crippen molar-refractivity contribution in [2.75, 3.05) is 11.1 Å². The van der Waals surface area contributed by atoms with Crippen molar-refractivity contribution in [3.63, 3.8) is 0 Å². The normalized spacial score (nSPS) is 10.1. The number of nitrogens with zero attached hydrogens (tertiary/aromatic N) is 1. The molecule has 2 rings (SSSR count). The summed E-state index contributed by atoms with van der Waals surface area (Å²) in [4.78, 5) is 22.3. The van der Waals surface area contributed by atoms with Crippen molar-refractivity contribution in [2.45, 2.75) is 6.92 Å². The average molecular weight is 271 g/mol. The van der Waals surface area contributed by atoms with Gasteiger partial charge in [-0.3, -0.25) is 14.9 Å². The fraction of sp³-hybridized carbons (Fsp3) is 0.0714. The third-order valence-electron chi connectivity index (χ3n) is 2.87. The van der Waals surface area contributed by atoms with Gasteiger partial charge in [0.1, 0.15) is 0 Å². The molecule has 0 aromatic heterocycles. The minimum atomic E-state index is -0.478. The quantitative estimate of drug-likeness (QED) is 0.509. The summed E-state index contributed by atoms with van der Waals surface area (Å²) < 4.78 is 0. The second kappa shape index (κ2) is 5.40. The number of rotatable bonds is 3. The molecular formula is C14H13N3O3. The van der Waals surface area contributed by atoms with Crippen molar-refractivity contribution in [3.05, 3.63) is 63.7 Å². The van der Waals surface area contributed by atoms with E-state index >= 15 is 0 Å². The predicted octanol–water partition coefficient (Wildman–Crippen LogP) is 2.74. The third kappa shape index (κ3) is 2.74.